The molecular formula is C16H13ClN4O2S. The van der Waals surface area contributed by atoms with Gasteiger partial charge in [0.25, 0.3) is 0 Å². The van der Waals surface area contributed by atoms with Crippen molar-refractivity contribution in [3.8, 4) is 22.9 Å². The third kappa shape index (κ3) is 3.17. The van der Waals surface area contributed by atoms with E-state index in [4.69, 9.17) is 28.6 Å². The predicted octanol–water partition coefficient (Wildman–Crippen LogP) is 3.86. The molecule has 2 aromatic carbocycles. The van der Waals surface area contributed by atoms with Gasteiger partial charge in [-0.1, -0.05) is 29.8 Å². The van der Waals surface area contributed by atoms with Crippen molar-refractivity contribution in [1.82, 2.24) is 14.9 Å². The molecule has 6 nitrogen and oxygen atoms in total. The Kier molecular flexibility index (Phi) is 4.64. The minimum absolute atomic E-state index is 0.00284. The highest BCUT2D eigenvalue weighted by molar-refractivity contribution is 7.71. The summed E-state index contributed by atoms with van der Waals surface area (Å²) in [5.74, 6) is 0.883. The summed E-state index contributed by atoms with van der Waals surface area (Å²) in [6.07, 6.45) is 1.48. The second-order valence-corrected chi connectivity index (χ2v) is 5.64. The van der Waals surface area contributed by atoms with Crippen molar-refractivity contribution < 1.29 is 9.84 Å². The quantitative estimate of drug-likeness (QED) is 0.547. The van der Waals surface area contributed by atoms with Gasteiger partial charge in [0.2, 0.25) is 4.77 Å². The zero-order chi connectivity index (χ0) is 17.1. The van der Waals surface area contributed by atoms with E-state index in [1.807, 2.05) is 12.1 Å². The summed E-state index contributed by atoms with van der Waals surface area (Å²) in [6.45, 7) is 0. The number of aromatic nitrogens is 3. The number of aromatic hydroxyl groups is 1. The van der Waals surface area contributed by atoms with Gasteiger partial charge in [-0.25, -0.2) is 5.10 Å². The normalized spacial score (nSPS) is 11.1. The van der Waals surface area contributed by atoms with Gasteiger partial charge in [-0.3, -0.25) is 0 Å². The molecule has 3 rings (SSSR count). The molecule has 0 aliphatic heterocycles. The molecular weight excluding hydrogens is 348 g/mol. The first kappa shape index (κ1) is 16.2. The average molecular weight is 361 g/mol. The Morgan fingerprint density at radius 1 is 1.33 bits per heavy atom. The Labute approximate surface area is 148 Å². The third-order valence-corrected chi connectivity index (χ3v) is 3.79. The number of nitrogens with zero attached hydrogens (tertiary/aromatic N) is 3. The fourth-order valence-electron chi connectivity index (χ4n) is 2.14. The highest BCUT2D eigenvalue weighted by Gasteiger charge is 2.09. The van der Waals surface area contributed by atoms with Crippen LogP contribution in [0.4, 0.5) is 0 Å². The zero-order valence-corrected chi connectivity index (χ0v) is 14.2. The van der Waals surface area contributed by atoms with E-state index in [1.54, 1.807) is 30.3 Å². The molecule has 0 unspecified atom stereocenters. The van der Waals surface area contributed by atoms with Gasteiger partial charge in [0.15, 0.2) is 17.3 Å². The maximum Gasteiger partial charge on any atom is 0.216 e. The Morgan fingerprint density at radius 2 is 2.12 bits per heavy atom. The van der Waals surface area contributed by atoms with Crippen molar-refractivity contribution in [1.29, 1.82) is 0 Å². The number of benzene rings is 2. The van der Waals surface area contributed by atoms with Gasteiger partial charge in [0.05, 0.1) is 13.3 Å². The minimum Gasteiger partial charge on any atom is -0.504 e. The molecule has 0 spiro atoms. The standard InChI is InChI=1S/C16H13ClN4O2S/c1-23-13-7-3-5-11(14(13)22)9-18-21-15(19-20-16(21)24)10-4-2-6-12(17)8-10/h2-9,22H,1H3,(H,20,24). The molecule has 0 saturated carbocycles. The lowest BCUT2D eigenvalue weighted by atomic mass is 10.2. The van der Waals surface area contributed by atoms with E-state index in [0.29, 0.717) is 26.9 Å². The number of ether oxygens (including phenoxy) is 1. The molecule has 8 heteroatoms. The van der Waals surface area contributed by atoms with Crippen molar-refractivity contribution in [3.63, 3.8) is 0 Å². The number of para-hydroxylation sites is 1. The van der Waals surface area contributed by atoms with Crippen LogP contribution in [0.1, 0.15) is 5.56 Å². The van der Waals surface area contributed by atoms with Crippen LogP contribution in [-0.2, 0) is 0 Å². The highest BCUT2D eigenvalue weighted by atomic mass is 35.5. The Balaban J connectivity index is 2.03. The number of H-pyrrole nitrogens is 1. The molecule has 0 bridgehead atoms. The van der Waals surface area contributed by atoms with Gasteiger partial charge in [-0.15, -0.1) is 0 Å². The maximum atomic E-state index is 10.1. The van der Waals surface area contributed by atoms with Crippen molar-refractivity contribution in [2.45, 2.75) is 0 Å². The molecule has 24 heavy (non-hydrogen) atoms. The van der Waals surface area contributed by atoms with Crippen LogP contribution in [0, 0.1) is 4.77 Å². The predicted molar refractivity (Wildman–Crippen MR) is 95.5 cm³/mol. The van der Waals surface area contributed by atoms with E-state index in [1.165, 1.54) is 18.0 Å². The summed E-state index contributed by atoms with van der Waals surface area (Å²) in [6, 6.07) is 12.3. The van der Waals surface area contributed by atoms with Crippen molar-refractivity contribution in [2.75, 3.05) is 7.11 Å². The second kappa shape index (κ2) is 6.86. The Morgan fingerprint density at radius 3 is 2.88 bits per heavy atom. The van der Waals surface area contributed by atoms with Gasteiger partial charge >= 0.3 is 0 Å². The molecule has 0 saturated heterocycles. The van der Waals surface area contributed by atoms with Crippen LogP contribution in [0.15, 0.2) is 47.6 Å². The van der Waals surface area contributed by atoms with Gasteiger partial charge in [0.1, 0.15) is 0 Å². The topological polar surface area (TPSA) is 75.4 Å². The molecule has 0 radical (unpaired) electrons. The molecule has 122 valence electrons. The molecule has 2 N–H and O–H groups in total. The number of hydrogen-bond donors (Lipinski definition) is 2. The summed E-state index contributed by atoms with van der Waals surface area (Å²) in [5, 5.41) is 21.9. The van der Waals surface area contributed by atoms with E-state index in [-0.39, 0.29) is 5.75 Å². The van der Waals surface area contributed by atoms with Crippen LogP contribution >= 0.6 is 23.8 Å². The number of rotatable bonds is 4. The van der Waals surface area contributed by atoms with E-state index in [2.05, 4.69) is 15.3 Å². The smallest absolute Gasteiger partial charge is 0.216 e. The summed E-state index contributed by atoms with van der Waals surface area (Å²) in [4.78, 5) is 0. The van der Waals surface area contributed by atoms with Gasteiger partial charge in [-0.2, -0.15) is 14.9 Å². The number of phenols is 1. The molecule has 0 aliphatic carbocycles. The number of halogens is 1. The van der Waals surface area contributed by atoms with Crippen LogP contribution in [0.5, 0.6) is 11.5 Å². The number of aromatic amines is 1. The fourth-order valence-corrected chi connectivity index (χ4v) is 2.51. The van der Waals surface area contributed by atoms with Crippen molar-refractivity contribution >= 4 is 30.0 Å². The molecule has 1 aromatic heterocycles. The van der Waals surface area contributed by atoms with Crippen molar-refractivity contribution in [3.05, 3.63) is 57.8 Å². The third-order valence-electron chi connectivity index (χ3n) is 3.30. The second-order valence-electron chi connectivity index (χ2n) is 4.82. The molecule has 3 aromatic rings. The minimum atomic E-state index is 0.00284. The number of nitrogens with one attached hydrogen (secondary N) is 1. The summed E-state index contributed by atoms with van der Waals surface area (Å²) < 4.78 is 6.86. The monoisotopic (exact) mass is 360 g/mol. The first-order valence-corrected chi connectivity index (χ1v) is 7.72. The first-order valence-electron chi connectivity index (χ1n) is 6.94. The molecule has 0 fully saturated rings. The summed E-state index contributed by atoms with van der Waals surface area (Å²) >= 11 is 11.2. The van der Waals surface area contributed by atoms with E-state index in [9.17, 15) is 5.11 Å². The lowest BCUT2D eigenvalue weighted by Crippen LogP contribution is -1.96. The Bertz CT molecular complexity index is 965. The lowest BCUT2D eigenvalue weighted by Gasteiger charge is -2.05. The van der Waals surface area contributed by atoms with E-state index >= 15 is 0 Å². The van der Waals surface area contributed by atoms with Gasteiger partial charge in [0, 0.05) is 16.1 Å². The number of phenolic OH excluding ortho intramolecular Hbond substituents is 1. The Hall–Kier alpha value is -2.64. The zero-order valence-electron chi connectivity index (χ0n) is 12.6. The molecule has 1 heterocycles. The largest absolute Gasteiger partial charge is 0.504 e. The number of hydrogen-bond acceptors (Lipinski definition) is 5. The maximum absolute atomic E-state index is 10.1. The number of methoxy groups -OCH3 is 1. The molecule has 0 aliphatic rings. The van der Waals surface area contributed by atoms with Crippen LogP contribution in [0.2, 0.25) is 5.02 Å². The fraction of sp³-hybridized carbons (Fsp3) is 0.0625. The van der Waals surface area contributed by atoms with E-state index in [0.717, 1.165) is 5.56 Å². The first-order chi connectivity index (χ1) is 11.6. The van der Waals surface area contributed by atoms with Gasteiger partial charge in [-0.05, 0) is 36.5 Å². The molecule has 0 amide bonds. The average Bonchev–Trinajstić information content (AvgIpc) is 2.95. The van der Waals surface area contributed by atoms with Crippen molar-refractivity contribution in [2.24, 2.45) is 5.10 Å². The van der Waals surface area contributed by atoms with Crippen LogP contribution in [0.25, 0.3) is 11.4 Å². The molecule has 0 atom stereocenters. The van der Waals surface area contributed by atoms with Crippen LogP contribution in [-0.4, -0.2) is 33.3 Å². The highest BCUT2D eigenvalue weighted by Crippen LogP contribution is 2.28. The van der Waals surface area contributed by atoms with E-state index < -0.39 is 0 Å². The summed E-state index contributed by atoms with van der Waals surface area (Å²) in [5.41, 5.74) is 1.26. The van der Waals surface area contributed by atoms with Gasteiger partial charge < -0.3 is 9.84 Å². The summed E-state index contributed by atoms with van der Waals surface area (Å²) in [7, 11) is 1.49. The van der Waals surface area contributed by atoms with Crippen LogP contribution in [0.3, 0.4) is 0 Å². The lowest BCUT2D eigenvalue weighted by molar-refractivity contribution is 0.373. The SMILES string of the molecule is COc1cccc(C=Nn2c(-c3cccc(Cl)c3)n[nH]c2=S)c1O. The van der Waals surface area contributed by atoms with Crippen LogP contribution < -0.4 is 4.74 Å².